The molecule has 0 spiro atoms. The normalized spacial score (nSPS) is 11.4. The minimum Gasteiger partial charge on any atom is -0.497 e. The van der Waals surface area contributed by atoms with Gasteiger partial charge in [-0.15, -0.1) is 0 Å². The van der Waals surface area contributed by atoms with Crippen LogP contribution in [0.4, 0.5) is 0 Å². The van der Waals surface area contributed by atoms with Gasteiger partial charge in [0.1, 0.15) is 12.4 Å². The van der Waals surface area contributed by atoms with E-state index in [0.29, 0.717) is 27.5 Å². The highest BCUT2D eigenvalue weighted by Crippen LogP contribution is 2.31. The molecular formula is C29H32ClNO4. The number of hydrogen-bond donors (Lipinski definition) is 0. The van der Waals surface area contributed by atoms with Crippen molar-refractivity contribution in [1.82, 2.24) is 4.57 Å². The Morgan fingerprint density at radius 3 is 2.40 bits per heavy atom. The summed E-state index contributed by atoms with van der Waals surface area (Å²) < 4.78 is 12.5. The van der Waals surface area contributed by atoms with Gasteiger partial charge in [0.2, 0.25) is 0 Å². The van der Waals surface area contributed by atoms with E-state index in [-0.39, 0.29) is 24.9 Å². The van der Waals surface area contributed by atoms with Crippen molar-refractivity contribution in [2.24, 2.45) is 0 Å². The maximum absolute atomic E-state index is 13.4. The first-order valence-corrected chi connectivity index (χ1v) is 12.0. The number of carbonyl (C=O) groups excluding carboxylic acids is 2. The topological polar surface area (TPSA) is 57.5 Å². The fraction of sp³-hybridized carbons (Fsp3) is 0.310. The van der Waals surface area contributed by atoms with E-state index in [0.717, 1.165) is 23.8 Å². The first-order chi connectivity index (χ1) is 16.7. The van der Waals surface area contributed by atoms with E-state index in [9.17, 15) is 9.59 Å². The van der Waals surface area contributed by atoms with Crippen LogP contribution in [0.2, 0.25) is 5.02 Å². The van der Waals surface area contributed by atoms with E-state index < -0.39 is 0 Å². The predicted molar refractivity (Wildman–Crippen MR) is 141 cm³/mol. The summed E-state index contributed by atoms with van der Waals surface area (Å²) in [6.07, 6.45) is 6.10. The maximum Gasteiger partial charge on any atom is 0.310 e. The number of hydrogen-bond acceptors (Lipinski definition) is 4. The van der Waals surface area contributed by atoms with Crippen molar-refractivity contribution in [3.05, 3.63) is 87.6 Å². The number of halogens is 1. The number of benzene rings is 2. The second kappa shape index (κ2) is 11.9. The molecule has 0 bridgehead atoms. The molecule has 5 nitrogen and oxygen atoms in total. The summed E-state index contributed by atoms with van der Waals surface area (Å²) in [5, 5.41) is 1.35. The lowest BCUT2D eigenvalue weighted by atomic mass is 10.1. The fourth-order valence-electron chi connectivity index (χ4n) is 3.96. The van der Waals surface area contributed by atoms with Gasteiger partial charge in [-0.3, -0.25) is 14.2 Å². The lowest BCUT2D eigenvalue weighted by Gasteiger charge is -2.08. The van der Waals surface area contributed by atoms with Crippen molar-refractivity contribution in [2.75, 3.05) is 13.7 Å². The zero-order chi connectivity index (χ0) is 25.5. The van der Waals surface area contributed by atoms with Gasteiger partial charge in [-0.05, 0) is 94.6 Å². The maximum atomic E-state index is 13.4. The van der Waals surface area contributed by atoms with Gasteiger partial charge in [0, 0.05) is 21.7 Å². The Morgan fingerprint density at radius 1 is 1.03 bits per heavy atom. The summed E-state index contributed by atoms with van der Waals surface area (Å²) >= 11 is 5.99. The largest absolute Gasteiger partial charge is 0.497 e. The van der Waals surface area contributed by atoms with Crippen LogP contribution in [0.1, 0.15) is 55.2 Å². The zero-order valence-electron chi connectivity index (χ0n) is 21.0. The van der Waals surface area contributed by atoms with E-state index in [1.807, 2.05) is 32.1 Å². The molecule has 3 aromatic rings. The molecule has 0 aliphatic heterocycles. The number of aromatic nitrogens is 1. The lowest BCUT2D eigenvalue weighted by molar-refractivity contribution is -0.141. The Morgan fingerprint density at radius 2 is 1.74 bits per heavy atom. The Kier molecular flexibility index (Phi) is 8.94. The number of methoxy groups -OCH3 is 1. The molecule has 0 N–H and O–H groups in total. The van der Waals surface area contributed by atoms with Crippen LogP contribution in [-0.4, -0.2) is 30.2 Å². The highest BCUT2D eigenvalue weighted by Gasteiger charge is 2.22. The minimum absolute atomic E-state index is 0.0566. The van der Waals surface area contributed by atoms with Gasteiger partial charge in [-0.2, -0.15) is 0 Å². The first-order valence-electron chi connectivity index (χ1n) is 11.6. The second-order valence-corrected chi connectivity index (χ2v) is 9.26. The van der Waals surface area contributed by atoms with E-state index >= 15 is 0 Å². The van der Waals surface area contributed by atoms with E-state index in [1.54, 1.807) is 42.0 Å². The highest BCUT2D eigenvalue weighted by molar-refractivity contribution is 6.30. The summed E-state index contributed by atoms with van der Waals surface area (Å²) in [5.74, 6) is 0.115. The van der Waals surface area contributed by atoms with Crippen molar-refractivity contribution >= 4 is 34.4 Å². The lowest BCUT2D eigenvalue weighted by Crippen LogP contribution is -2.14. The third-order valence-corrected chi connectivity index (χ3v) is 6.18. The van der Waals surface area contributed by atoms with E-state index in [2.05, 4.69) is 19.9 Å². The Bertz CT molecular complexity index is 1280. The molecule has 0 fully saturated rings. The smallest absolute Gasteiger partial charge is 0.310 e. The molecule has 0 aliphatic carbocycles. The average Bonchev–Trinajstić information content (AvgIpc) is 3.09. The van der Waals surface area contributed by atoms with Crippen molar-refractivity contribution < 1.29 is 19.1 Å². The summed E-state index contributed by atoms with van der Waals surface area (Å²) in [5.41, 5.74) is 5.13. The van der Waals surface area contributed by atoms with E-state index in [4.69, 9.17) is 21.1 Å². The van der Waals surface area contributed by atoms with Crippen LogP contribution >= 0.6 is 11.6 Å². The number of fused-ring (bicyclic) bond motifs is 1. The van der Waals surface area contributed by atoms with Crippen molar-refractivity contribution in [2.45, 2.75) is 47.0 Å². The third-order valence-electron chi connectivity index (χ3n) is 5.92. The van der Waals surface area contributed by atoms with Crippen LogP contribution < -0.4 is 4.74 Å². The van der Waals surface area contributed by atoms with Gasteiger partial charge in [0.05, 0.1) is 19.0 Å². The molecule has 0 amide bonds. The van der Waals surface area contributed by atoms with Crippen molar-refractivity contribution in [3.8, 4) is 5.75 Å². The zero-order valence-corrected chi connectivity index (χ0v) is 21.7. The second-order valence-electron chi connectivity index (χ2n) is 8.82. The molecule has 35 heavy (non-hydrogen) atoms. The highest BCUT2D eigenvalue weighted by atomic mass is 35.5. The standard InChI is InChI=1S/C29H32ClNO4/c1-19(2)7-6-8-20(3)15-16-35-28(32)18-25-21(4)31(27-14-13-24(34-5)17-26(25)27)29(33)22-9-11-23(30)12-10-22/h7,9-15,17H,6,8,16,18H2,1-5H3. The minimum atomic E-state index is -0.345. The molecule has 0 saturated heterocycles. The van der Waals surface area contributed by atoms with Gasteiger partial charge in [-0.1, -0.05) is 28.8 Å². The molecule has 0 saturated carbocycles. The SMILES string of the molecule is COc1ccc2c(c1)c(CC(=O)OCC=C(C)CCC=C(C)C)c(C)n2C(=O)c1ccc(Cl)cc1. The van der Waals surface area contributed by atoms with Crippen LogP contribution in [0.25, 0.3) is 10.9 Å². The van der Waals surface area contributed by atoms with Crippen molar-refractivity contribution in [3.63, 3.8) is 0 Å². The summed E-state index contributed by atoms with van der Waals surface area (Å²) in [7, 11) is 1.59. The molecule has 2 aromatic carbocycles. The van der Waals surface area contributed by atoms with Crippen LogP contribution in [0.15, 0.2) is 65.8 Å². The molecule has 0 unspecified atom stereocenters. The molecule has 0 aliphatic rings. The van der Waals surface area contributed by atoms with Gasteiger partial charge >= 0.3 is 5.97 Å². The molecule has 6 heteroatoms. The number of rotatable bonds is 9. The summed E-state index contributed by atoms with van der Waals surface area (Å²) in [6, 6.07) is 12.3. The molecule has 1 aromatic heterocycles. The number of allylic oxidation sites excluding steroid dienone is 3. The van der Waals surface area contributed by atoms with Crippen LogP contribution in [0.5, 0.6) is 5.75 Å². The van der Waals surface area contributed by atoms with Gasteiger partial charge < -0.3 is 9.47 Å². The molecule has 1 heterocycles. The predicted octanol–water partition coefficient (Wildman–Crippen LogP) is 7.08. The van der Waals surface area contributed by atoms with Gasteiger partial charge in [-0.25, -0.2) is 0 Å². The fourth-order valence-corrected chi connectivity index (χ4v) is 4.08. The Labute approximate surface area is 212 Å². The average molecular weight is 494 g/mol. The number of esters is 1. The third kappa shape index (κ3) is 6.64. The number of carbonyl (C=O) groups is 2. The van der Waals surface area contributed by atoms with Crippen LogP contribution in [0, 0.1) is 6.92 Å². The first kappa shape index (κ1) is 26.3. The molecule has 0 radical (unpaired) electrons. The summed E-state index contributed by atoms with van der Waals surface area (Å²) in [4.78, 5) is 26.1. The monoisotopic (exact) mass is 493 g/mol. The molecule has 184 valence electrons. The molecule has 0 atom stereocenters. The van der Waals surface area contributed by atoms with Gasteiger partial charge in [0.15, 0.2) is 0 Å². The van der Waals surface area contributed by atoms with Gasteiger partial charge in [0.25, 0.3) is 5.91 Å². The van der Waals surface area contributed by atoms with E-state index in [1.165, 1.54) is 11.1 Å². The number of ether oxygens (including phenoxy) is 2. The van der Waals surface area contributed by atoms with Crippen LogP contribution in [0.3, 0.4) is 0 Å². The molecular weight excluding hydrogens is 462 g/mol. The molecule has 3 rings (SSSR count). The van der Waals surface area contributed by atoms with Crippen LogP contribution in [-0.2, 0) is 16.0 Å². The Hall–Kier alpha value is -3.31. The summed E-state index contributed by atoms with van der Waals surface area (Å²) in [6.45, 7) is 8.27. The quantitative estimate of drug-likeness (QED) is 0.236. The van der Waals surface area contributed by atoms with Crippen molar-refractivity contribution in [1.29, 1.82) is 0 Å². The Balaban J connectivity index is 1.84. The number of nitrogens with zero attached hydrogens (tertiary/aromatic N) is 1.